The van der Waals surface area contributed by atoms with Crippen LogP contribution in [-0.4, -0.2) is 58.0 Å². The van der Waals surface area contributed by atoms with Crippen LogP contribution in [-0.2, 0) is 26.2 Å². The first-order valence-corrected chi connectivity index (χ1v) is 14.8. The normalized spacial score (nSPS) is 11.8. The predicted molar refractivity (Wildman–Crippen MR) is 155 cm³/mol. The Bertz CT molecular complexity index is 1400. The molecule has 0 fully saturated rings. The van der Waals surface area contributed by atoms with Crippen molar-refractivity contribution < 1.29 is 31.9 Å². The van der Waals surface area contributed by atoms with Crippen molar-refractivity contribution in [3.05, 3.63) is 84.2 Å². The monoisotopic (exact) mass is 585 g/mol. The van der Waals surface area contributed by atoms with Crippen LogP contribution in [0.4, 0.5) is 10.1 Å². The zero-order chi connectivity index (χ0) is 30.0. The van der Waals surface area contributed by atoms with E-state index in [2.05, 4.69) is 5.32 Å². The Kier molecular flexibility index (Phi) is 11.1. The van der Waals surface area contributed by atoms with Crippen LogP contribution in [0.1, 0.15) is 32.8 Å². The molecule has 0 saturated carbocycles. The van der Waals surface area contributed by atoms with Crippen LogP contribution in [0.2, 0.25) is 0 Å². The summed E-state index contributed by atoms with van der Waals surface area (Å²) in [6.07, 6.45) is 0.302. The van der Waals surface area contributed by atoms with E-state index in [-0.39, 0.29) is 23.0 Å². The van der Waals surface area contributed by atoms with Gasteiger partial charge >= 0.3 is 0 Å². The standard InChI is InChI=1S/C30H36FN3O6S/c1-5-28(30(36)32-6-2)33(20-22-8-14-25(39-4)15-9-22)29(35)21-34(24-12-10-23(31)11-13-24)41(37,38)27-18-16-26(17-19-27)40-7-3/h8-19,28H,5-7,20-21H2,1-4H3,(H,32,36). The van der Waals surface area contributed by atoms with Crippen LogP contribution in [0.5, 0.6) is 11.5 Å². The second-order valence-electron chi connectivity index (χ2n) is 9.08. The topological polar surface area (TPSA) is 105 Å². The Morgan fingerprint density at radius 2 is 1.51 bits per heavy atom. The van der Waals surface area contributed by atoms with Crippen molar-refractivity contribution in [3.63, 3.8) is 0 Å². The van der Waals surface area contributed by atoms with Gasteiger partial charge in [-0.05, 0) is 86.5 Å². The smallest absolute Gasteiger partial charge is 0.264 e. The van der Waals surface area contributed by atoms with E-state index in [4.69, 9.17) is 9.47 Å². The fourth-order valence-corrected chi connectivity index (χ4v) is 5.69. The van der Waals surface area contributed by atoms with Gasteiger partial charge in [-0.2, -0.15) is 0 Å². The summed E-state index contributed by atoms with van der Waals surface area (Å²) in [5.74, 6) is -0.375. The van der Waals surface area contributed by atoms with Gasteiger partial charge in [0.1, 0.15) is 29.9 Å². The van der Waals surface area contributed by atoms with Crippen LogP contribution in [0.25, 0.3) is 0 Å². The van der Waals surface area contributed by atoms with Gasteiger partial charge in [0.05, 0.1) is 24.3 Å². The average molecular weight is 586 g/mol. The molecule has 3 aromatic rings. The first-order chi connectivity index (χ1) is 19.6. The summed E-state index contributed by atoms with van der Waals surface area (Å²) < 4.78 is 53.1. The van der Waals surface area contributed by atoms with Gasteiger partial charge in [0.25, 0.3) is 10.0 Å². The van der Waals surface area contributed by atoms with Gasteiger partial charge in [-0.25, -0.2) is 12.8 Å². The number of hydrogen-bond acceptors (Lipinski definition) is 6. The van der Waals surface area contributed by atoms with Crippen LogP contribution in [0.3, 0.4) is 0 Å². The van der Waals surface area contributed by atoms with Gasteiger partial charge in [0.2, 0.25) is 11.8 Å². The molecule has 0 aliphatic rings. The van der Waals surface area contributed by atoms with Crippen LogP contribution in [0.15, 0.2) is 77.7 Å². The summed E-state index contributed by atoms with van der Waals surface area (Å²) in [4.78, 5) is 28.3. The average Bonchev–Trinajstić information content (AvgIpc) is 2.97. The maximum absolute atomic E-state index is 14.0. The number of nitrogens with one attached hydrogen (secondary N) is 1. The second kappa shape index (κ2) is 14.5. The maximum Gasteiger partial charge on any atom is 0.264 e. The highest BCUT2D eigenvalue weighted by Gasteiger charge is 2.33. The second-order valence-corrected chi connectivity index (χ2v) is 10.9. The van der Waals surface area contributed by atoms with Gasteiger partial charge in [0, 0.05) is 13.1 Å². The number of sulfonamides is 1. The Balaban J connectivity index is 2.03. The zero-order valence-electron chi connectivity index (χ0n) is 23.7. The summed E-state index contributed by atoms with van der Waals surface area (Å²) in [5, 5.41) is 2.76. The highest BCUT2D eigenvalue weighted by atomic mass is 32.2. The molecular formula is C30H36FN3O6S. The minimum atomic E-state index is -4.28. The molecule has 0 bridgehead atoms. The fourth-order valence-electron chi connectivity index (χ4n) is 4.28. The lowest BCUT2D eigenvalue weighted by Gasteiger charge is -2.33. The number of anilines is 1. The quantitative estimate of drug-likeness (QED) is 0.301. The molecular weight excluding hydrogens is 549 g/mol. The Morgan fingerprint density at radius 1 is 0.902 bits per heavy atom. The van der Waals surface area contributed by atoms with E-state index in [0.29, 0.717) is 31.1 Å². The molecule has 0 aromatic heterocycles. The third-order valence-electron chi connectivity index (χ3n) is 6.37. The van der Waals surface area contributed by atoms with Gasteiger partial charge in [0.15, 0.2) is 0 Å². The molecule has 3 rings (SSSR count). The summed E-state index contributed by atoms with van der Waals surface area (Å²) in [7, 11) is -2.74. The lowest BCUT2D eigenvalue weighted by Crippen LogP contribution is -2.52. The number of likely N-dealkylation sites (N-methyl/N-ethyl adjacent to an activating group) is 1. The van der Waals surface area contributed by atoms with Gasteiger partial charge in [-0.1, -0.05) is 19.1 Å². The fraction of sp³-hybridized carbons (Fsp3) is 0.333. The molecule has 1 unspecified atom stereocenters. The third-order valence-corrected chi connectivity index (χ3v) is 8.15. The molecule has 0 aliphatic carbocycles. The number of carbonyl (C=O) groups is 2. The van der Waals surface area contributed by atoms with E-state index < -0.39 is 34.3 Å². The molecule has 2 amide bonds. The highest BCUT2D eigenvalue weighted by Crippen LogP contribution is 2.26. The molecule has 0 spiro atoms. The highest BCUT2D eigenvalue weighted by molar-refractivity contribution is 7.92. The summed E-state index contributed by atoms with van der Waals surface area (Å²) in [6, 6.07) is 16.9. The van der Waals surface area contributed by atoms with Crippen molar-refractivity contribution in [1.29, 1.82) is 0 Å². The van der Waals surface area contributed by atoms with Crippen molar-refractivity contribution in [1.82, 2.24) is 10.2 Å². The SMILES string of the molecule is CCNC(=O)C(CC)N(Cc1ccc(OC)cc1)C(=O)CN(c1ccc(F)cc1)S(=O)(=O)c1ccc(OCC)cc1. The molecule has 9 nitrogen and oxygen atoms in total. The molecule has 3 aromatic carbocycles. The van der Waals surface area contributed by atoms with Gasteiger partial charge in [-0.15, -0.1) is 0 Å². The molecule has 220 valence electrons. The maximum atomic E-state index is 14.0. The molecule has 0 saturated heterocycles. The van der Waals surface area contributed by atoms with Gasteiger partial charge in [-0.3, -0.25) is 13.9 Å². The van der Waals surface area contributed by atoms with Crippen LogP contribution in [0, 0.1) is 5.82 Å². The number of ether oxygens (including phenoxy) is 2. The Morgan fingerprint density at radius 3 is 2.05 bits per heavy atom. The summed E-state index contributed by atoms with van der Waals surface area (Å²) >= 11 is 0. The molecule has 1 N–H and O–H groups in total. The van der Waals surface area contributed by atoms with Crippen molar-refractivity contribution in [2.24, 2.45) is 0 Å². The summed E-state index contributed by atoms with van der Waals surface area (Å²) in [5.41, 5.74) is 0.827. The molecule has 11 heteroatoms. The van der Waals surface area contributed by atoms with Gasteiger partial charge < -0.3 is 19.7 Å². The van der Waals surface area contributed by atoms with E-state index in [1.807, 2.05) is 6.92 Å². The van der Waals surface area contributed by atoms with Crippen LogP contribution >= 0.6 is 0 Å². The van der Waals surface area contributed by atoms with Crippen LogP contribution < -0.4 is 19.1 Å². The number of methoxy groups -OCH3 is 1. The van der Waals surface area contributed by atoms with E-state index in [9.17, 15) is 22.4 Å². The molecule has 1 atom stereocenters. The Hall–Kier alpha value is -4.12. The number of rotatable bonds is 14. The predicted octanol–water partition coefficient (Wildman–Crippen LogP) is 4.37. The molecule has 0 heterocycles. The van der Waals surface area contributed by atoms with Crippen molar-refractivity contribution in [3.8, 4) is 11.5 Å². The first kappa shape index (κ1) is 31.4. The minimum absolute atomic E-state index is 0.0544. The van der Waals surface area contributed by atoms with E-state index in [1.54, 1.807) is 45.2 Å². The molecule has 41 heavy (non-hydrogen) atoms. The van der Waals surface area contributed by atoms with E-state index >= 15 is 0 Å². The third kappa shape index (κ3) is 7.97. The largest absolute Gasteiger partial charge is 0.497 e. The Labute approximate surface area is 240 Å². The van der Waals surface area contributed by atoms with Crippen molar-refractivity contribution in [2.75, 3.05) is 31.1 Å². The van der Waals surface area contributed by atoms with Crippen molar-refractivity contribution in [2.45, 2.75) is 44.7 Å². The van der Waals surface area contributed by atoms with E-state index in [1.165, 1.54) is 41.3 Å². The lowest BCUT2D eigenvalue weighted by molar-refractivity contribution is -0.140. The van der Waals surface area contributed by atoms with E-state index in [0.717, 1.165) is 22.0 Å². The van der Waals surface area contributed by atoms with Crippen molar-refractivity contribution >= 4 is 27.5 Å². The minimum Gasteiger partial charge on any atom is -0.497 e. The number of halogens is 1. The zero-order valence-corrected chi connectivity index (χ0v) is 24.5. The number of nitrogens with zero attached hydrogens (tertiary/aromatic N) is 2. The number of benzene rings is 3. The lowest BCUT2D eigenvalue weighted by atomic mass is 10.1. The number of carbonyl (C=O) groups excluding carboxylic acids is 2. The molecule has 0 radical (unpaired) electrons. The first-order valence-electron chi connectivity index (χ1n) is 13.4. The summed E-state index contributed by atoms with van der Waals surface area (Å²) in [6.45, 7) is 5.59. The number of hydrogen-bond donors (Lipinski definition) is 1. The number of amides is 2. The molecule has 0 aliphatic heterocycles.